The van der Waals surface area contributed by atoms with E-state index >= 15 is 0 Å². The molecule has 2 heterocycles. The zero-order valence-corrected chi connectivity index (χ0v) is 12.2. The molecule has 1 aromatic carbocycles. The van der Waals surface area contributed by atoms with E-state index in [1.165, 1.54) is 16.5 Å². The highest BCUT2D eigenvalue weighted by molar-refractivity contribution is 9.10. The molecule has 1 aliphatic rings. The fourth-order valence-electron chi connectivity index (χ4n) is 2.33. The first-order valence-corrected chi connectivity index (χ1v) is 7.61. The molecule has 0 saturated heterocycles. The molecule has 0 aliphatic carbocycles. The third-order valence-electron chi connectivity index (χ3n) is 3.30. The van der Waals surface area contributed by atoms with Crippen LogP contribution >= 0.6 is 27.3 Å². The van der Waals surface area contributed by atoms with E-state index in [0.29, 0.717) is 6.54 Å². The van der Waals surface area contributed by atoms with Crippen LogP contribution < -0.4 is 0 Å². The van der Waals surface area contributed by atoms with E-state index in [2.05, 4.69) is 32.3 Å². The number of thiophene rings is 1. The molecule has 4 heteroatoms. The summed E-state index contributed by atoms with van der Waals surface area (Å²) in [6.45, 7) is 2.64. The van der Waals surface area contributed by atoms with Crippen LogP contribution in [0.1, 0.15) is 16.0 Å². The Bertz CT molecular complexity index is 567. The largest absolute Gasteiger partial charge is 0.294 e. The van der Waals surface area contributed by atoms with Crippen molar-refractivity contribution in [1.29, 1.82) is 0 Å². The minimum atomic E-state index is -0.125. The summed E-state index contributed by atoms with van der Waals surface area (Å²) in [6.07, 6.45) is 1.09. The van der Waals surface area contributed by atoms with Crippen molar-refractivity contribution in [3.05, 3.63) is 55.9 Å². The fraction of sp³-hybridized carbons (Fsp3) is 0.286. The van der Waals surface area contributed by atoms with Crippen molar-refractivity contribution in [2.24, 2.45) is 0 Å². The fourth-order valence-corrected chi connectivity index (χ4v) is 3.56. The normalized spacial score (nSPS) is 15.7. The molecule has 0 radical (unpaired) electrons. The molecule has 18 heavy (non-hydrogen) atoms. The Labute approximate surface area is 118 Å². The Balaban J connectivity index is 1.74. The Hall–Kier alpha value is -0.710. The van der Waals surface area contributed by atoms with Gasteiger partial charge in [0.2, 0.25) is 0 Å². The van der Waals surface area contributed by atoms with Gasteiger partial charge in [-0.25, -0.2) is 4.39 Å². The first-order valence-electron chi connectivity index (χ1n) is 5.94. The van der Waals surface area contributed by atoms with E-state index in [1.54, 1.807) is 0 Å². The third-order valence-corrected chi connectivity index (χ3v) is 4.81. The maximum atomic E-state index is 13.8. The number of hydrogen-bond acceptors (Lipinski definition) is 2. The summed E-state index contributed by atoms with van der Waals surface area (Å²) in [6, 6.07) is 7.49. The molecule has 0 spiro atoms. The van der Waals surface area contributed by atoms with Crippen LogP contribution in [-0.2, 0) is 19.5 Å². The second kappa shape index (κ2) is 5.11. The van der Waals surface area contributed by atoms with Gasteiger partial charge in [0.05, 0.1) is 0 Å². The molecule has 0 saturated carbocycles. The van der Waals surface area contributed by atoms with Crippen molar-refractivity contribution >= 4 is 27.3 Å². The van der Waals surface area contributed by atoms with Gasteiger partial charge in [0.25, 0.3) is 0 Å². The smallest absolute Gasteiger partial charge is 0.128 e. The molecule has 0 fully saturated rings. The van der Waals surface area contributed by atoms with Gasteiger partial charge in [0.1, 0.15) is 5.82 Å². The minimum Gasteiger partial charge on any atom is -0.294 e. The highest BCUT2D eigenvalue weighted by atomic mass is 79.9. The van der Waals surface area contributed by atoms with Crippen molar-refractivity contribution in [2.75, 3.05) is 6.54 Å². The van der Waals surface area contributed by atoms with Crippen LogP contribution in [0.3, 0.4) is 0 Å². The Morgan fingerprint density at radius 3 is 3.06 bits per heavy atom. The van der Waals surface area contributed by atoms with E-state index in [-0.39, 0.29) is 5.82 Å². The van der Waals surface area contributed by atoms with Crippen LogP contribution in [0, 0.1) is 5.82 Å². The van der Waals surface area contributed by atoms with Gasteiger partial charge in [-0.05, 0) is 35.6 Å². The molecule has 2 aromatic rings. The summed E-state index contributed by atoms with van der Waals surface area (Å²) in [7, 11) is 0. The third kappa shape index (κ3) is 2.51. The van der Waals surface area contributed by atoms with Crippen LogP contribution in [-0.4, -0.2) is 11.4 Å². The van der Waals surface area contributed by atoms with E-state index in [9.17, 15) is 4.39 Å². The average Bonchev–Trinajstić information content (AvgIpc) is 2.80. The predicted octanol–water partition coefficient (Wildman–Crippen LogP) is 4.21. The highest BCUT2D eigenvalue weighted by Gasteiger charge is 2.18. The van der Waals surface area contributed by atoms with Gasteiger partial charge in [-0.2, -0.15) is 0 Å². The van der Waals surface area contributed by atoms with Gasteiger partial charge < -0.3 is 0 Å². The number of hydrogen-bond donors (Lipinski definition) is 0. The van der Waals surface area contributed by atoms with Crippen molar-refractivity contribution in [3.63, 3.8) is 0 Å². The summed E-state index contributed by atoms with van der Waals surface area (Å²) < 4.78 is 14.6. The van der Waals surface area contributed by atoms with Crippen molar-refractivity contribution in [2.45, 2.75) is 19.5 Å². The zero-order chi connectivity index (χ0) is 12.5. The van der Waals surface area contributed by atoms with Gasteiger partial charge in [0.15, 0.2) is 0 Å². The minimum absolute atomic E-state index is 0.125. The van der Waals surface area contributed by atoms with Gasteiger partial charge >= 0.3 is 0 Å². The van der Waals surface area contributed by atoms with Gasteiger partial charge in [-0.1, -0.05) is 22.0 Å². The molecule has 1 aromatic heterocycles. The molecule has 1 nitrogen and oxygen atoms in total. The summed E-state index contributed by atoms with van der Waals surface area (Å²) >= 11 is 5.12. The summed E-state index contributed by atoms with van der Waals surface area (Å²) in [4.78, 5) is 3.80. The SMILES string of the molecule is Fc1cc(Br)ccc1CN1CCc2sccc2C1. The van der Waals surface area contributed by atoms with Gasteiger partial charge in [0, 0.05) is 34.5 Å². The summed E-state index contributed by atoms with van der Waals surface area (Å²) in [5.74, 6) is -0.125. The van der Waals surface area contributed by atoms with Crippen molar-refractivity contribution < 1.29 is 4.39 Å². The lowest BCUT2D eigenvalue weighted by molar-refractivity contribution is 0.244. The Morgan fingerprint density at radius 2 is 2.22 bits per heavy atom. The standard InChI is InChI=1S/C14H13BrFNS/c15-12-2-1-10(13(16)7-12)8-17-5-3-14-11(9-17)4-6-18-14/h1-2,4,6-7H,3,5,8-9H2. The molecule has 94 valence electrons. The average molecular weight is 326 g/mol. The first-order chi connectivity index (χ1) is 8.72. The molecule has 0 amide bonds. The van der Waals surface area contributed by atoms with Crippen molar-refractivity contribution in [1.82, 2.24) is 4.90 Å². The Morgan fingerprint density at radius 1 is 1.33 bits per heavy atom. The van der Waals surface area contributed by atoms with Crippen LogP contribution in [0.15, 0.2) is 34.1 Å². The molecule has 0 N–H and O–H groups in total. The lowest BCUT2D eigenvalue weighted by atomic mass is 10.1. The molecule has 0 atom stereocenters. The highest BCUT2D eigenvalue weighted by Crippen LogP contribution is 2.25. The van der Waals surface area contributed by atoms with Crippen LogP contribution in [0.25, 0.3) is 0 Å². The topological polar surface area (TPSA) is 3.24 Å². The van der Waals surface area contributed by atoms with Crippen LogP contribution in [0.5, 0.6) is 0 Å². The number of rotatable bonds is 2. The monoisotopic (exact) mass is 325 g/mol. The number of fused-ring (bicyclic) bond motifs is 1. The van der Waals surface area contributed by atoms with E-state index in [4.69, 9.17) is 0 Å². The number of nitrogens with zero attached hydrogens (tertiary/aromatic N) is 1. The first kappa shape index (κ1) is 12.3. The summed E-state index contributed by atoms with van der Waals surface area (Å²) in [5.41, 5.74) is 2.18. The summed E-state index contributed by atoms with van der Waals surface area (Å²) in [5, 5.41) is 2.15. The lowest BCUT2D eigenvalue weighted by Crippen LogP contribution is -2.29. The molecular weight excluding hydrogens is 313 g/mol. The van der Waals surface area contributed by atoms with Gasteiger partial charge in [-0.15, -0.1) is 11.3 Å². The quantitative estimate of drug-likeness (QED) is 0.799. The van der Waals surface area contributed by atoms with Crippen LogP contribution in [0.2, 0.25) is 0 Å². The van der Waals surface area contributed by atoms with Crippen molar-refractivity contribution in [3.8, 4) is 0 Å². The van der Waals surface area contributed by atoms with Crippen LogP contribution in [0.4, 0.5) is 4.39 Å². The maximum absolute atomic E-state index is 13.8. The van der Waals surface area contributed by atoms with E-state index < -0.39 is 0 Å². The Kier molecular flexibility index (Phi) is 3.50. The molecule has 0 unspecified atom stereocenters. The molecule has 1 aliphatic heterocycles. The number of benzene rings is 1. The van der Waals surface area contributed by atoms with E-state index in [0.717, 1.165) is 29.5 Å². The van der Waals surface area contributed by atoms with Gasteiger partial charge in [-0.3, -0.25) is 4.90 Å². The predicted molar refractivity (Wildman–Crippen MR) is 76.2 cm³/mol. The molecule has 0 bridgehead atoms. The second-order valence-electron chi connectivity index (χ2n) is 4.57. The second-order valence-corrected chi connectivity index (χ2v) is 6.48. The molecular formula is C14H13BrFNS. The van der Waals surface area contributed by atoms with E-state index in [1.807, 2.05) is 23.5 Å². The lowest BCUT2D eigenvalue weighted by Gasteiger charge is -2.26. The molecule has 3 rings (SSSR count). The number of halogens is 2. The maximum Gasteiger partial charge on any atom is 0.128 e. The zero-order valence-electron chi connectivity index (χ0n) is 9.83.